The second-order valence-electron chi connectivity index (χ2n) is 6.81. The van der Waals surface area contributed by atoms with Crippen molar-refractivity contribution < 1.29 is 17.9 Å². The van der Waals surface area contributed by atoms with Gasteiger partial charge in [0.05, 0.1) is 15.7 Å². The second kappa shape index (κ2) is 8.72. The van der Waals surface area contributed by atoms with E-state index in [2.05, 4.69) is 21.7 Å². The molecule has 1 unspecified atom stereocenters. The number of primary amides is 1. The fraction of sp³-hybridized carbons (Fsp3) is 0.0500. The Kier molecular flexibility index (Phi) is 5.96. The van der Waals surface area contributed by atoms with Crippen LogP contribution in [0.5, 0.6) is 5.88 Å². The molecule has 6 N–H and O–H groups in total. The number of carbonyl (C=O) groups is 1. The van der Waals surface area contributed by atoms with Crippen LogP contribution in [-0.2, 0) is 10.0 Å². The molecule has 168 valence electrons. The molecule has 1 atom stereocenters. The number of fused-ring (bicyclic) bond motifs is 1. The SMILES string of the molecule is N#CC1=C(NC(N)=O)Oc2nc(Nc3ccc(S(N)(=O)=O)cc3)sc2C1c1ccc(Cl)cc1. The Morgan fingerprint density at radius 3 is 2.42 bits per heavy atom. The molecule has 1 aromatic heterocycles. The van der Waals surface area contributed by atoms with Crippen LogP contribution < -0.4 is 26.2 Å². The third-order valence-electron chi connectivity index (χ3n) is 4.61. The maximum Gasteiger partial charge on any atom is 0.318 e. The summed E-state index contributed by atoms with van der Waals surface area (Å²) in [5.41, 5.74) is 6.68. The summed E-state index contributed by atoms with van der Waals surface area (Å²) in [5, 5.41) is 21.3. The maximum absolute atomic E-state index is 11.5. The normalized spacial score (nSPS) is 15.2. The van der Waals surface area contributed by atoms with Gasteiger partial charge in [-0.25, -0.2) is 18.4 Å². The van der Waals surface area contributed by atoms with E-state index in [1.54, 1.807) is 24.3 Å². The molecular formula is C20H15ClN6O4S2. The molecule has 0 radical (unpaired) electrons. The molecule has 2 heterocycles. The third kappa shape index (κ3) is 4.76. The summed E-state index contributed by atoms with van der Waals surface area (Å²) >= 11 is 7.25. The number of hydrogen-bond donors (Lipinski definition) is 4. The van der Waals surface area contributed by atoms with Crippen molar-refractivity contribution in [3.8, 4) is 11.9 Å². The monoisotopic (exact) mass is 502 g/mol. The summed E-state index contributed by atoms with van der Waals surface area (Å²) in [6.07, 6.45) is 0. The van der Waals surface area contributed by atoms with Crippen LogP contribution in [0.4, 0.5) is 15.6 Å². The average molecular weight is 503 g/mol. The van der Waals surface area contributed by atoms with Crippen molar-refractivity contribution in [1.82, 2.24) is 10.3 Å². The Labute approximate surface area is 197 Å². The Balaban J connectivity index is 1.73. The van der Waals surface area contributed by atoms with Crippen molar-refractivity contribution in [3.05, 3.63) is 75.5 Å². The van der Waals surface area contributed by atoms with Gasteiger partial charge in [-0.3, -0.25) is 5.32 Å². The maximum atomic E-state index is 11.5. The lowest BCUT2D eigenvalue weighted by atomic mass is 9.89. The lowest BCUT2D eigenvalue weighted by Crippen LogP contribution is -2.34. The van der Waals surface area contributed by atoms with Gasteiger partial charge < -0.3 is 15.8 Å². The van der Waals surface area contributed by atoms with Crippen molar-refractivity contribution in [2.24, 2.45) is 10.9 Å². The standard InChI is InChI=1S/C20H15ClN6O4S2/c21-11-3-1-10(2-4-11)15-14(9-22)17(26-19(23)28)31-18-16(15)32-20(27-18)25-12-5-7-13(8-6-12)33(24,29)30/h1-8,15H,(H,25,27)(H3,23,26,28)(H2,24,29,30). The molecule has 2 aromatic carbocycles. The number of aromatic nitrogens is 1. The van der Waals surface area contributed by atoms with Gasteiger partial charge in [-0.05, 0) is 42.0 Å². The number of nitriles is 1. The Morgan fingerprint density at radius 1 is 1.18 bits per heavy atom. The molecule has 0 fully saturated rings. The van der Waals surface area contributed by atoms with E-state index >= 15 is 0 Å². The number of sulfonamides is 1. The Morgan fingerprint density at radius 2 is 1.85 bits per heavy atom. The van der Waals surface area contributed by atoms with Gasteiger partial charge in [-0.1, -0.05) is 35.1 Å². The Bertz CT molecular complexity index is 1410. The molecule has 0 spiro atoms. The van der Waals surface area contributed by atoms with E-state index in [0.29, 0.717) is 20.7 Å². The molecule has 13 heteroatoms. The van der Waals surface area contributed by atoms with Crippen LogP contribution in [0.25, 0.3) is 0 Å². The van der Waals surface area contributed by atoms with Gasteiger partial charge in [0.15, 0.2) is 5.13 Å². The average Bonchev–Trinajstić information content (AvgIpc) is 3.14. The minimum atomic E-state index is -3.81. The summed E-state index contributed by atoms with van der Waals surface area (Å²) < 4.78 is 28.6. The van der Waals surface area contributed by atoms with Crippen LogP contribution >= 0.6 is 22.9 Å². The number of urea groups is 1. The molecule has 0 bridgehead atoms. The largest absolute Gasteiger partial charge is 0.420 e. The molecule has 1 aliphatic rings. The first kappa shape index (κ1) is 22.6. The van der Waals surface area contributed by atoms with Crippen molar-refractivity contribution >= 4 is 49.8 Å². The number of allylic oxidation sites excluding steroid dienone is 1. The molecule has 2 amide bonds. The van der Waals surface area contributed by atoms with E-state index < -0.39 is 22.0 Å². The second-order valence-corrected chi connectivity index (χ2v) is 9.84. The molecule has 0 saturated carbocycles. The molecule has 0 saturated heterocycles. The number of primary sulfonamides is 1. The van der Waals surface area contributed by atoms with Crippen LogP contribution in [0.15, 0.2) is 64.9 Å². The number of nitrogens with one attached hydrogen (secondary N) is 2. The summed E-state index contributed by atoms with van der Waals surface area (Å²) in [5.74, 6) is -0.506. The lowest BCUT2D eigenvalue weighted by molar-refractivity contribution is 0.244. The number of thiazole rings is 1. The zero-order valence-corrected chi connectivity index (χ0v) is 19.0. The van der Waals surface area contributed by atoms with Gasteiger partial charge in [0.1, 0.15) is 11.6 Å². The van der Waals surface area contributed by atoms with E-state index in [9.17, 15) is 18.5 Å². The lowest BCUT2D eigenvalue weighted by Gasteiger charge is -2.24. The van der Waals surface area contributed by atoms with Crippen LogP contribution in [0.2, 0.25) is 5.02 Å². The number of carbonyl (C=O) groups excluding carboxylic acids is 1. The summed E-state index contributed by atoms with van der Waals surface area (Å²) in [4.78, 5) is 16.5. The highest BCUT2D eigenvalue weighted by Crippen LogP contribution is 2.47. The van der Waals surface area contributed by atoms with E-state index in [-0.39, 0.29) is 22.2 Å². The van der Waals surface area contributed by atoms with Crippen LogP contribution in [0.1, 0.15) is 16.4 Å². The summed E-state index contributed by atoms with van der Waals surface area (Å²) in [7, 11) is -3.81. The number of nitrogens with zero attached hydrogens (tertiary/aromatic N) is 2. The van der Waals surface area contributed by atoms with Crippen LogP contribution in [0, 0.1) is 11.3 Å². The van der Waals surface area contributed by atoms with Gasteiger partial charge in [0.2, 0.25) is 21.8 Å². The topological polar surface area (TPSA) is 173 Å². The van der Waals surface area contributed by atoms with E-state index in [1.807, 2.05) is 0 Å². The summed E-state index contributed by atoms with van der Waals surface area (Å²) in [6, 6.07) is 13.9. The summed E-state index contributed by atoms with van der Waals surface area (Å²) in [6.45, 7) is 0. The number of rotatable bonds is 5. The number of halogens is 1. The van der Waals surface area contributed by atoms with Gasteiger partial charge in [0.25, 0.3) is 0 Å². The fourth-order valence-corrected chi connectivity index (χ4v) is 4.88. The van der Waals surface area contributed by atoms with Crippen molar-refractivity contribution in [3.63, 3.8) is 0 Å². The first-order valence-corrected chi connectivity index (χ1v) is 11.9. The number of hydrogen-bond acceptors (Lipinski definition) is 8. The minimum Gasteiger partial charge on any atom is -0.420 e. The number of anilines is 2. The quantitative estimate of drug-likeness (QED) is 0.414. The first-order valence-electron chi connectivity index (χ1n) is 9.20. The minimum absolute atomic E-state index is 0.0253. The number of nitrogens with two attached hydrogens (primary N) is 2. The first-order chi connectivity index (χ1) is 15.7. The van der Waals surface area contributed by atoms with E-state index in [1.165, 1.54) is 35.6 Å². The molecule has 0 aliphatic carbocycles. The van der Waals surface area contributed by atoms with Crippen LogP contribution in [0.3, 0.4) is 0 Å². The number of ether oxygens (including phenoxy) is 1. The van der Waals surface area contributed by atoms with Crippen molar-refractivity contribution in [2.75, 3.05) is 5.32 Å². The van der Waals surface area contributed by atoms with Crippen molar-refractivity contribution in [1.29, 1.82) is 5.26 Å². The molecule has 33 heavy (non-hydrogen) atoms. The number of benzene rings is 2. The third-order valence-corrected chi connectivity index (χ3v) is 6.81. The Hall–Kier alpha value is -3.63. The molecule has 3 aromatic rings. The van der Waals surface area contributed by atoms with E-state index in [4.69, 9.17) is 27.2 Å². The van der Waals surface area contributed by atoms with Crippen molar-refractivity contribution in [2.45, 2.75) is 10.8 Å². The predicted molar refractivity (Wildman–Crippen MR) is 122 cm³/mol. The molecule has 1 aliphatic heterocycles. The van der Waals surface area contributed by atoms with E-state index in [0.717, 1.165) is 5.56 Å². The molecule has 4 rings (SSSR count). The zero-order chi connectivity index (χ0) is 23.8. The molecule has 10 nitrogen and oxygen atoms in total. The highest BCUT2D eigenvalue weighted by molar-refractivity contribution is 7.89. The zero-order valence-electron chi connectivity index (χ0n) is 16.6. The van der Waals surface area contributed by atoms with Gasteiger partial charge in [-0.2, -0.15) is 10.2 Å². The highest BCUT2D eigenvalue weighted by Gasteiger charge is 2.35. The van der Waals surface area contributed by atoms with Crippen LogP contribution in [-0.4, -0.2) is 19.4 Å². The smallest absolute Gasteiger partial charge is 0.318 e. The predicted octanol–water partition coefficient (Wildman–Crippen LogP) is 3.12. The fourth-order valence-electron chi connectivity index (χ4n) is 3.19. The molecular weight excluding hydrogens is 488 g/mol. The van der Waals surface area contributed by atoms with Gasteiger partial charge >= 0.3 is 6.03 Å². The van der Waals surface area contributed by atoms with Gasteiger partial charge in [0, 0.05) is 10.7 Å². The van der Waals surface area contributed by atoms with Gasteiger partial charge in [-0.15, -0.1) is 0 Å². The number of amides is 2. The highest BCUT2D eigenvalue weighted by atomic mass is 35.5.